The van der Waals surface area contributed by atoms with E-state index in [0.717, 1.165) is 0 Å². The zero-order valence-electron chi connectivity index (χ0n) is 10.8. The molecule has 112 valence electrons. The van der Waals surface area contributed by atoms with Crippen molar-refractivity contribution < 1.29 is 17.9 Å². The highest BCUT2D eigenvalue weighted by molar-refractivity contribution is 9.10. The highest BCUT2D eigenvalue weighted by Gasteiger charge is 2.34. The van der Waals surface area contributed by atoms with Gasteiger partial charge < -0.3 is 5.11 Å². The molecule has 0 aromatic heterocycles. The van der Waals surface area contributed by atoms with Crippen molar-refractivity contribution in [2.75, 3.05) is 18.1 Å². The Labute approximate surface area is 130 Å². The van der Waals surface area contributed by atoms with Gasteiger partial charge in [0.15, 0.2) is 0 Å². The summed E-state index contributed by atoms with van der Waals surface area (Å²) in [5.41, 5.74) is -0.0306. The number of hydrogen-bond acceptors (Lipinski definition) is 4. The molecule has 1 unspecified atom stereocenters. The van der Waals surface area contributed by atoms with Gasteiger partial charge in [-0.25, -0.2) is 12.8 Å². The van der Waals surface area contributed by atoms with E-state index < -0.39 is 22.4 Å². The van der Waals surface area contributed by atoms with E-state index in [1.54, 1.807) is 11.8 Å². The minimum Gasteiger partial charge on any atom is -0.392 e. The van der Waals surface area contributed by atoms with Crippen LogP contribution < -0.4 is 0 Å². The number of benzene rings is 1. The molecular formula is C12H15BrFNO3S2. The lowest BCUT2D eigenvalue weighted by Gasteiger charge is -2.32. The molecular weight excluding hydrogens is 369 g/mol. The lowest BCUT2D eigenvalue weighted by molar-refractivity contribution is 0.274. The second-order valence-electron chi connectivity index (χ2n) is 4.57. The van der Waals surface area contributed by atoms with E-state index in [9.17, 15) is 12.8 Å². The molecule has 1 saturated heterocycles. The fraction of sp³-hybridized carbons (Fsp3) is 0.500. The number of rotatable bonds is 3. The molecule has 1 fully saturated rings. The highest BCUT2D eigenvalue weighted by Crippen LogP contribution is 2.29. The molecule has 4 nitrogen and oxygen atoms in total. The van der Waals surface area contributed by atoms with E-state index in [1.165, 1.54) is 16.4 Å². The summed E-state index contributed by atoms with van der Waals surface area (Å²) in [6.45, 7) is 1.64. The summed E-state index contributed by atoms with van der Waals surface area (Å²) >= 11 is 4.84. The first kappa shape index (κ1) is 16.2. The third-order valence-corrected chi connectivity index (χ3v) is 6.80. The van der Waals surface area contributed by atoms with Crippen molar-refractivity contribution in [2.45, 2.75) is 24.5 Å². The zero-order valence-corrected chi connectivity index (χ0v) is 14.1. The van der Waals surface area contributed by atoms with Crippen LogP contribution in [0.4, 0.5) is 4.39 Å². The van der Waals surface area contributed by atoms with Gasteiger partial charge in [0, 0.05) is 34.1 Å². The van der Waals surface area contributed by atoms with Crippen molar-refractivity contribution in [1.82, 2.24) is 4.31 Å². The Kier molecular flexibility index (Phi) is 5.12. The van der Waals surface area contributed by atoms with Gasteiger partial charge in [0.1, 0.15) is 10.7 Å². The molecule has 0 amide bonds. The van der Waals surface area contributed by atoms with Crippen LogP contribution in [-0.4, -0.2) is 41.9 Å². The summed E-state index contributed by atoms with van der Waals surface area (Å²) in [6.07, 6.45) is 0. The molecule has 1 aromatic carbocycles. The first-order valence-corrected chi connectivity index (χ1v) is 9.45. The number of nitrogens with zero attached hydrogens (tertiary/aromatic N) is 1. The van der Waals surface area contributed by atoms with Crippen molar-refractivity contribution in [3.8, 4) is 0 Å². The SMILES string of the molecule is CC1CSCCN1S(=O)(=O)c1cc(Br)cc(CO)c1F. The predicted molar refractivity (Wildman–Crippen MR) is 80.7 cm³/mol. The molecule has 0 radical (unpaired) electrons. The van der Waals surface area contributed by atoms with Crippen LogP contribution in [0.2, 0.25) is 0 Å². The van der Waals surface area contributed by atoms with Gasteiger partial charge in [-0.15, -0.1) is 0 Å². The Balaban J connectivity index is 2.51. The third kappa shape index (κ3) is 3.04. The number of thioether (sulfide) groups is 1. The predicted octanol–water partition coefficient (Wildman–Crippen LogP) is 2.21. The number of aliphatic hydroxyl groups excluding tert-OH is 1. The van der Waals surface area contributed by atoms with Gasteiger partial charge in [-0.1, -0.05) is 15.9 Å². The van der Waals surface area contributed by atoms with Crippen molar-refractivity contribution in [1.29, 1.82) is 0 Å². The van der Waals surface area contributed by atoms with E-state index in [-0.39, 0.29) is 16.5 Å². The molecule has 0 saturated carbocycles. The summed E-state index contributed by atoms with van der Waals surface area (Å²) in [5.74, 6) is 0.523. The molecule has 20 heavy (non-hydrogen) atoms. The maximum Gasteiger partial charge on any atom is 0.246 e. The van der Waals surface area contributed by atoms with E-state index in [4.69, 9.17) is 5.11 Å². The Morgan fingerprint density at radius 2 is 2.25 bits per heavy atom. The molecule has 2 rings (SSSR count). The fourth-order valence-corrected chi connectivity index (χ4v) is 5.76. The quantitative estimate of drug-likeness (QED) is 0.868. The molecule has 0 bridgehead atoms. The summed E-state index contributed by atoms with van der Waals surface area (Å²) in [5, 5.41) is 9.12. The first-order valence-electron chi connectivity index (χ1n) is 6.06. The molecule has 1 atom stereocenters. The lowest BCUT2D eigenvalue weighted by Crippen LogP contribution is -2.44. The van der Waals surface area contributed by atoms with Crippen LogP contribution in [-0.2, 0) is 16.6 Å². The second-order valence-corrected chi connectivity index (χ2v) is 8.50. The van der Waals surface area contributed by atoms with Crippen LogP contribution in [0.5, 0.6) is 0 Å². The maximum absolute atomic E-state index is 14.2. The monoisotopic (exact) mass is 383 g/mol. The molecule has 0 spiro atoms. The number of aliphatic hydroxyl groups is 1. The Morgan fingerprint density at radius 1 is 1.55 bits per heavy atom. The normalized spacial score (nSPS) is 21.1. The molecule has 1 aliphatic rings. The second kappa shape index (κ2) is 6.31. The molecule has 1 aromatic rings. The van der Waals surface area contributed by atoms with Crippen LogP contribution >= 0.6 is 27.7 Å². The minimum absolute atomic E-state index is 0.0306. The molecule has 8 heteroatoms. The molecule has 1 aliphatic heterocycles. The number of sulfonamides is 1. The van der Waals surface area contributed by atoms with E-state index in [2.05, 4.69) is 15.9 Å². The van der Waals surface area contributed by atoms with Crippen molar-refractivity contribution in [2.24, 2.45) is 0 Å². The van der Waals surface area contributed by atoms with Gasteiger partial charge in [0.05, 0.1) is 6.61 Å². The smallest absolute Gasteiger partial charge is 0.246 e. The van der Waals surface area contributed by atoms with Crippen LogP contribution in [0.3, 0.4) is 0 Å². The first-order chi connectivity index (χ1) is 9.37. The summed E-state index contributed by atoms with van der Waals surface area (Å²) in [7, 11) is -3.89. The van der Waals surface area contributed by atoms with E-state index in [1.807, 2.05) is 6.92 Å². The number of hydrogen-bond donors (Lipinski definition) is 1. The van der Waals surface area contributed by atoms with Crippen molar-refractivity contribution in [3.05, 3.63) is 28.0 Å². The highest BCUT2D eigenvalue weighted by atomic mass is 79.9. The van der Waals surface area contributed by atoms with Crippen LogP contribution in [0.25, 0.3) is 0 Å². The van der Waals surface area contributed by atoms with Crippen molar-refractivity contribution in [3.63, 3.8) is 0 Å². The average molecular weight is 384 g/mol. The van der Waals surface area contributed by atoms with Crippen LogP contribution in [0.1, 0.15) is 12.5 Å². The van der Waals surface area contributed by atoms with Gasteiger partial charge >= 0.3 is 0 Å². The zero-order chi connectivity index (χ0) is 14.9. The topological polar surface area (TPSA) is 57.6 Å². The van der Waals surface area contributed by atoms with Gasteiger partial charge in [0.2, 0.25) is 10.0 Å². The number of halogens is 2. The molecule has 0 aliphatic carbocycles. The third-order valence-electron chi connectivity index (χ3n) is 3.14. The Morgan fingerprint density at radius 3 is 2.85 bits per heavy atom. The lowest BCUT2D eigenvalue weighted by atomic mass is 10.2. The summed E-state index contributed by atoms with van der Waals surface area (Å²) < 4.78 is 41.2. The van der Waals surface area contributed by atoms with Crippen LogP contribution in [0.15, 0.2) is 21.5 Å². The van der Waals surface area contributed by atoms with Crippen molar-refractivity contribution >= 4 is 37.7 Å². The van der Waals surface area contributed by atoms with Gasteiger partial charge in [-0.05, 0) is 19.1 Å². The average Bonchev–Trinajstić information content (AvgIpc) is 2.41. The van der Waals surface area contributed by atoms with Crippen LogP contribution in [0, 0.1) is 5.82 Å². The Hall–Kier alpha value is -0.150. The van der Waals surface area contributed by atoms with Gasteiger partial charge in [0.25, 0.3) is 0 Å². The van der Waals surface area contributed by atoms with Gasteiger partial charge in [-0.3, -0.25) is 0 Å². The van der Waals surface area contributed by atoms with E-state index in [0.29, 0.717) is 22.5 Å². The standard InChI is InChI=1S/C12H15BrFNO3S2/c1-8-7-19-3-2-15(8)20(17,18)11-5-10(13)4-9(6-16)12(11)14/h4-5,8,16H,2-3,6-7H2,1H3. The minimum atomic E-state index is -3.89. The van der Waals surface area contributed by atoms with Gasteiger partial charge in [-0.2, -0.15) is 16.1 Å². The Bertz CT molecular complexity index is 609. The summed E-state index contributed by atoms with van der Waals surface area (Å²) in [4.78, 5) is -0.380. The fourth-order valence-electron chi connectivity index (χ4n) is 2.12. The summed E-state index contributed by atoms with van der Waals surface area (Å²) in [6, 6.07) is 2.46. The largest absolute Gasteiger partial charge is 0.392 e. The molecule has 1 N–H and O–H groups in total. The maximum atomic E-state index is 14.2. The van der Waals surface area contributed by atoms with E-state index >= 15 is 0 Å². The molecule has 1 heterocycles.